The number of nitro groups is 1. The fraction of sp³-hybridized carbons (Fsp3) is 0.125. The second-order valence-electron chi connectivity index (χ2n) is 5.05. The molecule has 3 rings (SSSR count). The number of fused-ring (bicyclic) bond motifs is 1. The normalized spacial score (nSPS) is 10.7. The van der Waals surface area contributed by atoms with Crippen LogP contribution in [0.2, 0.25) is 0 Å². The standard InChI is InChI=1S/C16H14N4O3S/c1-24-15-5-3-2-4-13(15)18-16(21)10-19-14-8-12(20(22)23)7-6-11(14)9-17-19/h2-9H,10H2,1H3,(H,18,21). The number of rotatable bonds is 5. The zero-order valence-electron chi connectivity index (χ0n) is 12.8. The van der Waals surface area contributed by atoms with Crippen LogP contribution in [0.4, 0.5) is 11.4 Å². The zero-order chi connectivity index (χ0) is 17.1. The van der Waals surface area contributed by atoms with Crippen LogP contribution >= 0.6 is 11.8 Å². The van der Waals surface area contributed by atoms with Crippen LogP contribution < -0.4 is 5.32 Å². The third-order valence-electron chi connectivity index (χ3n) is 3.51. The monoisotopic (exact) mass is 342 g/mol. The van der Waals surface area contributed by atoms with E-state index in [0.717, 1.165) is 16.0 Å². The molecule has 0 bridgehead atoms. The molecule has 2 aromatic carbocycles. The van der Waals surface area contributed by atoms with Gasteiger partial charge in [0.25, 0.3) is 5.69 Å². The first-order valence-electron chi connectivity index (χ1n) is 7.11. The number of nitrogens with zero attached hydrogens (tertiary/aromatic N) is 3. The van der Waals surface area contributed by atoms with Crippen LogP contribution in [0.15, 0.2) is 53.6 Å². The van der Waals surface area contributed by atoms with Crippen LogP contribution in [0.3, 0.4) is 0 Å². The first-order valence-corrected chi connectivity index (χ1v) is 8.34. The summed E-state index contributed by atoms with van der Waals surface area (Å²) in [5.74, 6) is -0.243. The predicted molar refractivity (Wildman–Crippen MR) is 93.2 cm³/mol. The molecular weight excluding hydrogens is 328 g/mol. The number of benzene rings is 2. The third-order valence-corrected chi connectivity index (χ3v) is 4.31. The number of anilines is 1. The molecule has 0 atom stereocenters. The van der Waals surface area contributed by atoms with Crippen molar-refractivity contribution in [2.45, 2.75) is 11.4 Å². The summed E-state index contributed by atoms with van der Waals surface area (Å²) in [6, 6.07) is 12.0. The number of carbonyl (C=O) groups is 1. The van der Waals surface area contributed by atoms with E-state index < -0.39 is 4.92 Å². The Kier molecular flexibility index (Phi) is 4.48. The summed E-state index contributed by atoms with van der Waals surface area (Å²) >= 11 is 1.54. The Hall–Kier alpha value is -2.87. The van der Waals surface area contributed by atoms with E-state index >= 15 is 0 Å². The number of carbonyl (C=O) groups excluding carboxylic acids is 1. The number of amides is 1. The maximum absolute atomic E-state index is 12.3. The molecule has 0 aliphatic rings. The molecule has 1 heterocycles. The van der Waals surface area contributed by atoms with Gasteiger partial charge in [-0.3, -0.25) is 19.6 Å². The highest BCUT2D eigenvalue weighted by atomic mass is 32.2. The fourth-order valence-electron chi connectivity index (χ4n) is 2.37. The number of nitro benzene ring substituents is 1. The molecule has 0 radical (unpaired) electrons. The molecule has 0 fully saturated rings. The van der Waals surface area contributed by atoms with Gasteiger partial charge in [0.2, 0.25) is 5.91 Å². The van der Waals surface area contributed by atoms with Crippen molar-refractivity contribution in [3.63, 3.8) is 0 Å². The van der Waals surface area contributed by atoms with E-state index in [0.29, 0.717) is 5.52 Å². The van der Waals surface area contributed by atoms with Gasteiger partial charge in [-0.1, -0.05) is 12.1 Å². The average Bonchev–Trinajstić information content (AvgIpc) is 2.97. The zero-order valence-corrected chi connectivity index (χ0v) is 13.6. The fourth-order valence-corrected chi connectivity index (χ4v) is 2.93. The molecule has 0 aliphatic heterocycles. The highest BCUT2D eigenvalue weighted by Crippen LogP contribution is 2.25. The van der Waals surface area contributed by atoms with Gasteiger partial charge in [0.1, 0.15) is 6.54 Å². The molecule has 3 aromatic rings. The number of non-ortho nitro benzene ring substituents is 1. The topological polar surface area (TPSA) is 90.1 Å². The first kappa shape index (κ1) is 16.0. The Morgan fingerprint density at radius 3 is 2.88 bits per heavy atom. The van der Waals surface area contributed by atoms with Gasteiger partial charge in [-0.05, 0) is 24.5 Å². The number of para-hydroxylation sites is 1. The molecule has 122 valence electrons. The predicted octanol–water partition coefficient (Wildman–Crippen LogP) is 3.31. The van der Waals surface area contributed by atoms with Gasteiger partial charge in [-0.15, -0.1) is 11.8 Å². The quantitative estimate of drug-likeness (QED) is 0.436. The average molecular weight is 342 g/mol. The molecule has 0 saturated carbocycles. The maximum Gasteiger partial charge on any atom is 0.271 e. The summed E-state index contributed by atoms with van der Waals surface area (Å²) in [7, 11) is 0. The van der Waals surface area contributed by atoms with Crippen LogP contribution in [-0.4, -0.2) is 26.9 Å². The smallest absolute Gasteiger partial charge is 0.271 e. The lowest BCUT2D eigenvalue weighted by atomic mass is 10.2. The first-order chi connectivity index (χ1) is 11.6. The minimum atomic E-state index is -0.467. The van der Waals surface area contributed by atoms with E-state index in [9.17, 15) is 14.9 Å². The molecule has 1 aromatic heterocycles. The molecule has 1 N–H and O–H groups in total. The van der Waals surface area contributed by atoms with Crippen LogP contribution in [0.1, 0.15) is 0 Å². The van der Waals surface area contributed by atoms with E-state index in [1.54, 1.807) is 24.0 Å². The van der Waals surface area contributed by atoms with Gasteiger partial charge in [-0.25, -0.2) is 0 Å². The van der Waals surface area contributed by atoms with Crippen molar-refractivity contribution in [2.24, 2.45) is 0 Å². The molecule has 24 heavy (non-hydrogen) atoms. The van der Waals surface area contributed by atoms with Crippen LogP contribution in [0.25, 0.3) is 10.9 Å². The SMILES string of the molecule is CSc1ccccc1NC(=O)Cn1ncc2ccc([N+](=O)[O-])cc21. The second kappa shape index (κ2) is 6.71. The number of hydrogen-bond acceptors (Lipinski definition) is 5. The van der Waals surface area contributed by atoms with Gasteiger partial charge in [0, 0.05) is 22.4 Å². The summed E-state index contributed by atoms with van der Waals surface area (Å²) in [5, 5.41) is 18.6. The highest BCUT2D eigenvalue weighted by Gasteiger charge is 2.13. The molecule has 8 heteroatoms. The Morgan fingerprint density at radius 2 is 2.12 bits per heavy atom. The largest absolute Gasteiger partial charge is 0.323 e. The number of thioether (sulfide) groups is 1. The van der Waals surface area contributed by atoms with Crippen molar-refractivity contribution in [1.82, 2.24) is 9.78 Å². The van der Waals surface area contributed by atoms with Gasteiger partial charge in [-0.2, -0.15) is 5.10 Å². The van der Waals surface area contributed by atoms with Gasteiger partial charge < -0.3 is 5.32 Å². The van der Waals surface area contributed by atoms with Crippen molar-refractivity contribution in [3.8, 4) is 0 Å². The Bertz CT molecular complexity index is 923. The molecule has 0 unspecified atom stereocenters. The lowest BCUT2D eigenvalue weighted by Crippen LogP contribution is -2.19. The van der Waals surface area contributed by atoms with Gasteiger partial charge in [0.05, 0.1) is 22.3 Å². The van der Waals surface area contributed by atoms with E-state index in [4.69, 9.17) is 0 Å². The van der Waals surface area contributed by atoms with Crippen molar-refractivity contribution < 1.29 is 9.72 Å². The molecular formula is C16H14N4O3S. The van der Waals surface area contributed by atoms with Crippen molar-refractivity contribution >= 4 is 39.9 Å². The molecule has 1 amide bonds. The van der Waals surface area contributed by atoms with Crippen LogP contribution in [0.5, 0.6) is 0 Å². The Morgan fingerprint density at radius 1 is 1.33 bits per heavy atom. The number of nitrogens with one attached hydrogen (secondary N) is 1. The minimum absolute atomic E-state index is 0.0205. The van der Waals surface area contributed by atoms with Gasteiger partial charge in [0.15, 0.2) is 0 Å². The van der Waals surface area contributed by atoms with Crippen LogP contribution in [-0.2, 0) is 11.3 Å². The second-order valence-corrected chi connectivity index (χ2v) is 5.90. The number of aromatic nitrogens is 2. The van der Waals surface area contributed by atoms with Crippen molar-refractivity contribution in [3.05, 3.63) is 58.8 Å². The van der Waals surface area contributed by atoms with Crippen molar-refractivity contribution in [1.29, 1.82) is 0 Å². The Balaban J connectivity index is 1.83. The summed E-state index contributed by atoms with van der Waals surface area (Å²) in [6.07, 6.45) is 3.52. The van der Waals surface area contributed by atoms with E-state index in [1.807, 2.05) is 30.5 Å². The van der Waals surface area contributed by atoms with E-state index in [-0.39, 0.29) is 18.1 Å². The van der Waals surface area contributed by atoms with Gasteiger partial charge >= 0.3 is 0 Å². The highest BCUT2D eigenvalue weighted by molar-refractivity contribution is 7.98. The van der Waals surface area contributed by atoms with E-state index in [1.165, 1.54) is 16.8 Å². The lowest BCUT2D eigenvalue weighted by molar-refractivity contribution is -0.384. The third kappa shape index (κ3) is 3.23. The minimum Gasteiger partial charge on any atom is -0.323 e. The summed E-state index contributed by atoms with van der Waals surface area (Å²) in [5.41, 5.74) is 1.26. The molecule has 0 spiro atoms. The summed E-state index contributed by atoms with van der Waals surface area (Å²) < 4.78 is 1.46. The Labute approximate surface area is 141 Å². The number of hydrogen-bond donors (Lipinski definition) is 1. The lowest BCUT2D eigenvalue weighted by Gasteiger charge is -2.09. The molecule has 0 saturated heterocycles. The summed E-state index contributed by atoms with van der Waals surface area (Å²) in [6.45, 7) is -0.0205. The maximum atomic E-state index is 12.3. The van der Waals surface area contributed by atoms with Crippen LogP contribution in [0, 0.1) is 10.1 Å². The van der Waals surface area contributed by atoms with E-state index in [2.05, 4.69) is 10.4 Å². The van der Waals surface area contributed by atoms with Crippen molar-refractivity contribution in [2.75, 3.05) is 11.6 Å². The molecule has 0 aliphatic carbocycles. The molecule has 7 nitrogen and oxygen atoms in total. The summed E-state index contributed by atoms with van der Waals surface area (Å²) in [4.78, 5) is 23.7.